The van der Waals surface area contributed by atoms with Gasteiger partial charge in [0, 0.05) is 0 Å². The molecule has 0 N–H and O–H groups in total. The molecule has 2 saturated heterocycles. The first-order valence-electron chi connectivity index (χ1n) is 10.8. The van der Waals surface area contributed by atoms with Gasteiger partial charge in [0.1, 0.15) is 23.2 Å². The Hall–Kier alpha value is -4.04. The number of amides is 2. The summed E-state index contributed by atoms with van der Waals surface area (Å²) in [6, 6.07) is 21.1. The number of hydrogen-bond acceptors (Lipinski definition) is 7. The third kappa shape index (κ3) is 3.52. The molecule has 0 bridgehead atoms. The zero-order valence-electron chi connectivity index (χ0n) is 19.0. The largest absolute Gasteiger partial charge is 0.497 e. The number of carbonyl (C=O) groups excluding carboxylic acids is 2. The van der Waals surface area contributed by atoms with E-state index in [2.05, 4.69) is 0 Å². The second-order valence-electron chi connectivity index (χ2n) is 8.00. The van der Waals surface area contributed by atoms with Crippen molar-refractivity contribution in [2.24, 2.45) is 5.92 Å². The summed E-state index contributed by atoms with van der Waals surface area (Å²) in [5.74, 6) is 0.615. The second-order valence-corrected chi connectivity index (χ2v) is 8.00. The summed E-state index contributed by atoms with van der Waals surface area (Å²) in [6.07, 6.45) is -0.941. The van der Waals surface area contributed by atoms with Gasteiger partial charge in [-0.25, -0.2) is 9.96 Å². The summed E-state index contributed by atoms with van der Waals surface area (Å²) < 4.78 is 15.7. The average Bonchev–Trinajstić information content (AvgIpc) is 3.40. The summed E-state index contributed by atoms with van der Waals surface area (Å²) in [7, 11) is 4.75. The number of nitrogens with zero attached hydrogens (tertiary/aromatic N) is 2. The van der Waals surface area contributed by atoms with Crippen molar-refractivity contribution in [3.8, 4) is 17.2 Å². The van der Waals surface area contributed by atoms with Crippen molar-refractivity contribution >= 4 is 23.2 Å². The van der Waals surface area contributed by atoms with Gasteiger partial charge in [-0.2, -0.15) is 0 Å². The zero-order chi connectivity index (χ0) is 23.8. The Morgan fingerprint density at radius 1 is 0.647 bits per heavy atom. The van der Waals surface area contributed by atoms with Crippen molar-refractivity contribution < 1.29 is 28.6 Å². The van der Waals surface area contributed by atoms with Crippen LogP contribution >= 0.6 is 0 Å². The fraction of sp³-hybridized carbons (Fsp3) is 0.231. The lowest BCUT2D eigenvalue weighted by Crippen LogP contribution is -2.37. The SMILES string of the molecule is COc1ccc([C@@H]2[C@H]3C(=O)N(c4ccc(OC)cc4)C(=O)[C@@H]3ON2c2ccc(OC)cc2)cc1. The number of hydrogen-bond donors (Lipinski definition) is 0. The van der Waals surface area contributed by atoms with Crippen LogP contribution in [0.25, 0.3) is 0 Å². The molecule has 5 rings (SSSR count). The summed E-state index contributed by atoms with van der Waals surface area (Å²) in [5.41, 5.74) is 2.03. The van der Waals surface area contributed by atoms with Crippen LogP contribution in [0.2, 0.25) is 0 Å². The molecule has 174 valence electrons. The van der Waals surface area contributed by atoms with Crippen LogP contribution in [0, 0.1) is 5.92 Å². The predicted octanol–water partition coefficient (Wildman–Crippen LogP) is 3.76. The highest BCUT2D eigenvalue weighted by Gasteiger charge is 2.60. The minimum Gasteiger partial charge on any atom is -0.497 e. The normalized spacial score (nSPS) is 21.6. The van der Waals surface area contributed by atoms with E-state index >= 15 is 0 Å². The van der Waals surface area contributed by atoms with Crippen molar-refractivity contribution in [1.82, 2.24) is 0 Å². The Labute approximate surface area is 197 Å². The van der Waals surface area contributed by atoms with Gasteiger partial charge >= 0.3 is 0 Å². The van der Waals surface area contributed by atoms with Crippen LogP contribution in [0.3, 0.4) is 0 Å². The van der Waals surface area contributed by atoms with E-state index in [9.17, 15) is 9.59 Å². The fourth-order valence-corrected chi connectivity index (χ4v) is 4.49. The van der Waals surface area contributed by atoms with Crippen molar-refractivity contribution in [3.05, 3.63) is 78.4 Å². The van der Waals surface area contributed by atoms with E-state index in [1.54, 1.807) is 50.7 Å². The summed E-state index contributed by atoms with van der Waals surface area (Å²) in [5, 5.41) is 1.65. The Morgan fingerprint density at radius 2 is 1.12 bits per heavy atom. The van der Waals surface area contributed by atoms with E-state index in [1.165, 1.54) is 4.90 Å². The van der Waals surface area contributed by atoms with Crippen molar-refractivity contribution in [1.29, 1.82) is 0 Å². The van der Waals surface area contributed by atoms with Crippen LogP contribution in [-0.4, -0.2) is 39.2 Å². The summed E-state index contributed by atoms with van der Waals surface area (Å²) in [4.78, 5) is 34.4. The molecule has 0 radical (unpaired) electrons. The Balaban J connectivity index is 1.54. The maximum Gasteiger partial charge on any atom is 0.266 e. The zero-order valence-corrected chi connectivity index (χ0v) is 19.0. The molecule has 0 aromatic heterocycles. The molecule has 2 aliphatic heterocycles. The maximum absolute atomic E-state index is 13.7. The number of ether oxygens (including phenoxy) is 3. The topological polar surface area (TPSA) is 77.5 Å². The standard InChI is InChI=1S/C26H24N2O6/c1-31-19-10-4-16(5-11-19)23-22-24(34-28(23)18-8-14-21(33-3)15-9-18)26(30)27(25(22)29)17-6-12-20(32-2)13-7-17/h4-15,22-24H,1-3H3/t22-,23-,24-/m1/s1. The van der Waals surface area contributed by atoms with Gasteiger partial charge in [0.25, 0.3) is 5.91 Å². The van der Waals surface area contributed by atoms with E-state index in [1.807, 2.05) is 48.5 Å². The maximum atomic E-state index is 13.7. The van der Waals surface area contributed by atoms with Gasteiger partial charge in [-0.3, -0.25) is 14.4 Å². The molecule has 2 fully saturated rings. The molecule has 0 saturated carbocycles. The summed E-state index contributed by atoms with van der Waals surface area (Å²) >= 11 is 0. The quantitative estimate of drug-likeness (QED) is 0.519. The van der Waals surface area contributed by atoms with E-state index in [-0.39, 0.29) is 5.91 Å². The molecular formula is C26H24N2O6. The number of anilines is 2. The molecule has 2 aliphatic rings. The number of carbonyl (C=O) groups is 2. The van der Waals surface area contributed by atoms with Gasteiger partial charge in [0.15, 0.2) is 6.10 Å². The number of fused-ring (bicyclic) bond motifs is 1. The monoisotopic (exact) mass is 460 g/mol. The average molecular weight is 460 g/mol. The van der Waals surface area contributed by atoms with Crippen molar-refractivity contribution in [2.75, 3.05) is 31.3 Å². The van der Waals surface area contributed by atoms with E-state index in [0.717, 1.165) is 5.56 Å². The molecule has 3 aromatic rings. The summed E-state index contributed by atoms with van der Waals surface area (Å²) in [6.45, 7) is 0. The van der Waals surface area contributed by atoms with Crippen molar-refractivity contribution in [3.63, 3.8) is 0 Å². The Kier molecular flexibility index (Phi) is 5.59. The first kappa shape index (κ1) is 21.8. The number of benzene rings is 3. The first-order valence-corrected chi connectivity index (χ1v) is 10.8. The Bertz CT molecular complexity index is 1190. The second kappa shape index (κ2) is 8.72. The van der Waals surface area contributed by atoms with Gasteiger partial charge < -0.3 is 14.2 Å². The molecule has 2 heterocycles. The molecule has 0 unspecified atom stereocenters. The molecule has 3 atom stereocenters. The molecule has 8 nitrogen and oxygen atoms in total. The number of rotatable bonds is 6. The van der Waals surface area contributed by atoms with E-state index in [4.69, 9.17) is 19.0 Å². The van der Waals surface area contributed by atoms with E-state index in [0.29, 0.717) is 28.6 Å². The number of imide groups is 1. The first-order chi connectivity index (χ1) is 16.5. The van der Waals surface area contributed by atoms with Gasteiger partial charge in [-0.15, -0.1) is 0 Å². The van der Waals surface area contributed by atoms with Crippen molar-refractivity contribution in [2.45, 2.75) is 12.1 Å². The van der Waals surface area contributed by atoms with Crippen LogP contribution in [-0.2, 0) is 14.4 Å². The molecule has 34 heavy (non-hydrogen) atoms. The highest BCUT2D eigenvalue weighted by atomic mass is 16.7. The number of methoxy groups -OCH3 is 3. The minimum atomic E-state index is -0.941. The Morgan fingerprint density at radius 3 is 1.62 bits per heavy atom. The smallest absolute Gasteiger partial charge is 0.266 e. The lowest BCUT2D eigenvalue weighted by atomic mass is 9.90. The number of hydroxylamine groups is 1. The molecule has 2 amide bonds. The van der Waals surface area contributed by atoms with Gasteiger partial charge in [0.2, 0.25) is 5.91 Å². The van der Waals surface area contributed by atoms with Crippen LogP contribution in [0.1, 0.15) is 11.6 Å². The highest BCUT2D eigenvalue weighted by molar-refractivity contribution is 6.23. The fourth-order valence-electron chi connectivity index (χ4n) is 4.49. The van der Waals surface area contributed by atoms with E-state index < -0.39 is 24.0 Å². The van der Waals surface area contributed by atoms with Gasteiger partial charge in [-0.05, 0) is 66.2 Å². The highest BCUT2D eigenvalue weighted by Crippen LogP contribution is 2.48. The third-order valence-corrected chi connectivity index (χ3v) is 6.23. The van der Waals surface area contributed by atoms with Crippen LogP contribution in [0.15, 0.2) is 72.8 Å². The molecule has 3 aromatic carbocycles. The third-order valence-electron chi connectivity index (χ3n) is 6.23. The lowest BCUT2D eigenvalue weighted by Gasteiger charge is -2.29. The molecule has 8 heteroatoms. The molecule has 0 aliphatic carbocycles. The lowest BCUT2D eigenvalue weighted by molar-refractivity contribution is -0.126. The van der Waals surface area contributed by atoms with Gasteiger partial charge in [0.05, 0.1) is 38.7 Å². The van der Waals surface area contributed by atoms with Crippen LogP contribution < -0.4 is 24.2 Å². The predicted molar refractivity (Wildman–Crippen MR) is 125 cm³/mol. The van der Waals surface area contributed by atoms with Gasteiger partial charge in [-0.1, -0.05) is 12.1 Å². The van der Waals surface area contributed by atoms with Crippen LogP contribution in [0.4, 0.5) is 11.4 Å². The molecule has 0 spiro atoms. The molecular weight excluding hydrogens is 436 g/mol. The van der Waals surface area contributed by atoms with Crippen LogP contribution in [0.5, 0.6) is 17.2 Å². The minimum absolute atomic E-state index is 0.308.